The molecule has 72 heavy (non-hydrogen) atoms. The molecule has 8 heteroatoms. The molecule has 0 unspecified atom stereocenters. The van der Waals surface area contributed by atoms with Crippen molar-refractivity contribution in [2.24, 2.45) is 11.8 Å². The number of hydrogen-bond donors (Lipinski definition) is 0. The summed E-state index contributed by atoms with van der Waals surface area (Å²) < 4.78 is 41.6. The van der Waals surface area contributed by atoms with E-state index in [1.165, 1.54) is 22.3 Å². The van der Waals surface area contributed by atoms with Gasteiger partial charge in [0, 0.05) is 22.3 Å². The van der Waals surface area contributed by atoms with Crippen LogP contribution in [0.4, 0.5) is 0 Å². The van der Waals surface area contributed by atoms with Crippen molar-refractivity contribution in [2.75, 3.05) is 13.2 Å². The Morgan fingerprint density at radius 1 is 0.306 bits per heavy atom. The monoisotopic (exact) mass is 1020 g/mol. The van der Waals surface area contributed by atoms with Crippen LogP contribution in [0.2, 0.25) is 0 Å². The lowest BCUT2D eigenvalue weighted by molar-refractivity contribution is 0.136. The minimum atomic E-state index is -1.81. The minimum Gasteiger partial charge on any atom is -0.417 e. The van der Waals surface area contributed by atoms with Crippen LogP contribution in [0.15, 0.2) is 72.8 Å². The van der Waals surface area contributed by atoms with E-state index in [4.69, 9.17) is 27.1 Å². The van der Waals surface area contributed by atoms with Crippen LogP contribution in [-0.2, 0) is 52.4 Å². The summed E-state index contributed by atoms with van der Waals surface area (Å²) in [6, 6.07) is 26.5. The van der Waals surface area contributed by atoms with Gasteiger partial charge in [0.15, 0.2) is 0 Å². The van der Waals surface area contributed by atoms with Gasteiger partial charge in [0.2, 0.25) is 0 Å². The molecule has 0 N–H and O–H groups in total. The predicted octanol–water partition coefficient (Wildman–Crippen LogP) is 20.0. The predicted molar refractivity (Wildman–Crippen MR) is 309 cm³/mol. The second-order valence-electron chi connectivity index (χ2n) is 29.1. The van der Waals surface area contributed by atoms with Crippen LogP contribution in [0.3, 0.4) is 0 Å². The fourth-order valence-electron chi connectivity index (χ4n) is 9.01. The van der Waals surface area contributed by atoms with Crippen molar-refractivity contribution in [1.29, 1.82) is 0 Å². The molecule has 1 aliphatic rings. The van der Waals surface area contributed by atoms with Crippen molar-refractivity contribution in [2.45, 2.75) is 235 Å². The number of rotatable bonds is 14. The molecule has 400 valence electrons. The van der Waals surface area contributed by atoms with Gasteiger partial charge in [0.25, 0.3) is 0 Å². The average molecular weight is 1030 g/mol. The third kappa shape index (κ3) is 16.4. The van der Waals surface area contributed by atoms with Crippen LogP contribution >= 0.6 is 17.2 Å². The van der Waals surface area contributed by atoms with E-state index in [1.54, 1.807) is 0 Å². The molecule has 1 saturated carbocycles. The maximum absolute atomic E-state index is 6.96. The highest BCUT2D eigenvalue weighted by Crippen LogP contribution is 2.51. The van der Waals surface area contributed by atoms with Gasteiger partial charge in [-0.25, -0.2) is 0 Å². The average Bonchev–Trinajstić information content (AvgIpc) is 3.22. The Morgan fingerprint density at radius 2 is 0.500 bits per heavy atom. The first kappa shape index (κ1) is 59.7. The van der Waals surface area contributed by atoms with Gasteiger partial charge in [-0.3, -0.25) is 9.05 Å². The van der Waals surface area contributed by atoms with Crippen LogP contribution in [-0.4, -0.2) is 13.2 Å². The second-order valence-corrected chi connectivity index (χ2v) is 31.3. The molecule has 4 aromatic rings. The summed E-state index contributed by atoms with van der Waals surface area (Å²) in [5.74, 6) is 3.96. The molecule has 0 amide bonds. The van der Waals surface area contributed by atoms with Crippen molar-refractivity contribution in [1.82, 2.24) is 0 Å². The Balaban J connectivity index is 1.39. The first-order valence-corrected chi connectivity index (χ1v) is 29.1. The van der Waals surface area contributed by atoms with Gasteiger partial charge in [0.1, 0.15) is 23.0 Å². The number of hydrogen-bond acceptors (Lipinski definition) is 6. The van der Waals surface area contributed by atoms with E-state index in [-0.39, 0.29) is 43.3 Å². The van der Waals surface area contributed by atoms with Crippen LogP contribution < -0.4 is 18.1 Å². The molecule has 4 aromatic carbocycles. The minimum absolute atomic E-state index is 0.000843. The van der Waals surface area contributed by atoms with Crippen molar-refractivity contribution >= 4 is 17.2 Å². The quantitative estimate of drug-likeness (QED) is 0.117. The second kappa shape index (κ2) is 22.2. The van der Waals surface area contributed by atoms with E-state index in [1.807, 2.05) is 0 Å². The fourth-order valence-corrected chi connectivity index (χ4v) is 11.2. The Labute approximate surface area is 442 Å². The molecule has 1 fully saturated rings. The maximum Gasteiger partial charge on any atom is 0.463 e. The maximum atomic E-state index is 6.96. The molecular formula is C64H98O6P2. The summed E-state index contributed by atoms with van der Waals surface area (Å²) in [5.41, 5.74) is 9.08. The Morgan fingerprint density at radius 3 is 0.667 bits per heavy atom. The lowest BCUT2D eigenvalue weighted by Gasteiger charge is -2.32. The normalized spacial score (nSPS) is 16.9. The first-order chi connectivity index (χ1) is 32.7. The highest BCUT2D eigenvalue weighted by molar-refractivity contribution is 7.42. The van der Waals surface area contributed by atoms with E-state index in [2.05, 4.69) is 239 Å². The van der Waals surface area contributed by atoms with E-state index in [0.717, 1.165) is 70.9 Å². The first-order valence-electron chi connectivity index (χ1n) is 26.9. The summed E-state index contributed by atoms with van der Waals surface area (Å²) in [7, 11) is -3.62. The van der Waals surface area contributed by atoms with Gasteiger partial charge < -0.3 is 18.1 Å². The molecule has 0 heterocycles. The third-order valence-corrected chi connectivity index (χ3v) is 16.2. The van der Waals surface area contributed by atoms with Gasteiger partial charge in [0.05, 0.1) is 13.2 Å². The Kier molecular flexibility index (Phi) is 18.4. The summed E-state index contributed by atoms with van der Waals surface area (Å²) in [5, 5.41) is 0. The Hall–Kier alpha value is -3.14. The fraction of sp³-hybridized carbons (Fsp3) is 0.625. The summed E-state index contributed by atoms with van der Waals surface area (Å²) in [6.45, 7) is 55.2. The molecule has 6 nitrogen and oxygen atoms in total. The van der Waals surface area contributed by atoms with Crippen molar-refractivity contribution in [3.05, 3.63) is 117 Å². The van der Waals surface area contributed by atoms with Crippen LogP contribution in [0.25, 0.3) is 0 Å². The molecular weight excluding hydrogens is 927 g/mol. The molecule has 0 radical (unpaired) electrons. The summed E-state index contributed by atoms with van der Waals surface area (Å²) >= 11 is 0. The lowest BCUT2D eigenvalue weighted by atomic mass is 9.80. The highest BCUT2D eigenvalue weighted by atomic mass is 31.2. The molecule has 0 spiro atoms. The van der Waals surface area contributed by atoms with Crippen LogP contribution in [0.5, 0.6) is 23.0 Å². The summed E-state index contributed by atoms with van der Waals surface area (Å²) in [6.07, 6.45) is 4.07. The smallest absolute Gasteiger partial charge is 0.417 e. The van der Waals surface area contributed by atoms with Gasteiger partial charge in [-0.15, -0.1) is 0 Å². The van der Waals surface area contributed by atoms with Gasteiger partial charge >= 0.3 is 17.2 Å². The van der Waals surface area contributed by atoms with E-state index in [0.29, 0.717) is 25.0 Å². The molecule has 5 rings (SSSR count). The number of benzene rings is 4. The van der Waals surface area contributed by atoms with Gasteiger partial charge in [-0.2, -0.15) is 0 Å². The standard InChI is InChI=1S/C64H98O6P2/c1-57(2,3)45-29-33-53(49(37-45)61(13,14)15)67-71(68-54-34-30-46(58(4,5)6)38-50(54)62(16,17)18)65-41-43-25-27-44(28-26-43)42-66-72(69-55-35-31-47(59(7,8)9)39-51(55)63(19,20)21)70-56-36-32-48(60(10,11)12)40-52(56)64(22,23)24/h29-40,43-44H,25-28,41-42H2,1-24H3. The van der Waals surface area contributed by atoms with E-state index < -0.39 is 17.2 Å². The molecule has 0 bridgehead atoms. The zero-order valence-electron chi connectivity index (χ0n) is 49.7. The van der Waals surface area contributed by atoms with Crippen molar-refractivity contribution in [3.63, 3.8) is 0 Å². The lowest BCUT2D eigenvalue weighted by Crippen LogP contribution is -2.22. The van der Waals surface area contributed by atoms with Crippen LogP contribution in [0.1, 0.15) is 236 Å². The third-order valence-electron chi connectivity index (χ3n) is 14.1. The van der Waals surface area contributed by atoms with Crippen molar-refractivity contribution in [3.8, 4) is 23.0 Å². The topological polar surface area (TPSA) is 55.4 Å². The van der Waals surface area contributed by atoms with E-state index in [9.17, 15) is 0 Å². The zero-order valence-corrected chi connectivity index (χ0v) is 51.5. The van der Waals surface area contributed by atoms with Crippen LogP contribution in [0, 0.1) is 11.8 Å². The highest BCUT2D eigenvalue weighted by Gasteiger charge is 2.34. The van der Waals surface area contributed by atoms with Gasteiger partial charge in [-0.1, -0.05) is 215 Å². The zero-order chi connectivity index (χ0) is 54.2. The van der Waals surface area contributed by atoms with Crippen molar-refractivity contribution < 1.29 is 27.1 Å². The molecule has 0 atom stereocenters. The Bertz CT molecular complexity index is 2100. The van der Waals surface area contributed by atoms with E-state index >= 15 is 0 Å². The molecule has 1 aliphatic carbocycles. The largest absolute Gasteiger partial charge is 0.463 e. The molecule has 0 aliphatic heterocycles. The summed E-state index contributed by atoms with van der Waals surface area (Å²) in [4.78, 5) is 0. The molecule has 0 saturated heterocycles. The SMILES string of the molecule is CC(C)(C)c1ccc(OP(OCC2CCC(COP(Oc3ccc(C(C)(C)C)cc3C(C)(C)C)Oc3ccc(C(C)(C)C)cc3C(C)(C)C)CC2)Oc2ccc(C(C)(C)C)cc2C(C)(C)C)c(C(C)(C)C)c1. The molecule has 0 aromatic heterocycles. The van der Waals surface area contributed by atoms with Gasteiger partial charge in [-0.05, 0) is 127 Å².